The molecule has 1 aromatic heterocycles. The van der Waals surface area contributed by atoms with Gasteiger partial charge in [-0.3, -0.25) is 0 Å². The van der Waals surface area contributed by atoms with E-state index >= 15 is 0 Å². The van der Waals surface area contributed by atoms with Gasteiger partial charge < -0.3 is 15.0 Å². The summed E-state index contributed by atoms with van der Waals surface area (Å²) in [5.41, 5.74) is 0.424. The van der Waals surface area contributed by atoms with Gasteiger partial charge in [-0.15, -0.1) is 11.3 Å². The summed E-state index contributed by atoms with van der Waals surface area (Å²) >= 11 is 1.49. The maximum absolute atomic E-state index is 11.6. The fraction of sp³-hybridized carbons (Fsp3) is 0.667. The Labute approximate surface area is 112 Å². The van der Waals surface area contributed by atoms with Crippen molar-refractivity contribution >= 4 is 22.4 Å². The molecule has 6 heteroatoms. The van der Waals surface area contributed by atoms with Gasteiger partial charge >= 0.3 is 5.97 Å². The molecule has 1 aromatic rings. The predicted molar refractivity (Wildman–Crippen MR) is 74.5 cm³/mol. The van der Waals surface area contributed by atoms with Crippen molar-refractivity contribution in [2.75, 3.05) is 38.6 Å². The molecule has 1 rings (SSSR count). The van der Waals surface area contributed by atoms with Crippen LogP contribution in [0.3, 0.4) is 0 Å². The molecular formula is C12H21N3O2S. The van der Waals surface area contributed by atoms with Crippen molar-refractivity contribution in [3.05, 3.63) is 10.6 Å². The van der Waals surface area contributed by atoms with E-state index in [1.165, 1.54) is 11.3 Å². The lowest BCUT2D eigenvalue weighted by atomic mass is 10.4. The predicted octanol–water partition coefficient (Wildman–Crippen LogP) is 1.99. The normalized spacial score (nSPS) is 10.7. The first kappa shape index (κ1) is 14.9. The lowest BCUT2D eigenvalue weighted by molar-refractivity contribution is 0.0519. The minimum Gasteiger partial charge on any atom is -0.461 e. The molecule has 18 heavy (non-hydrogen) atoms. The quantitative estimate of drug-likeness (QED) is 0.769. The average Bonchev–Trinajstić information content (AvgIpc) is 2.70. The number of nitrogens with one attached hydrogen (secondary N) is 1. The number of rotatable bonds is 7. The van der Waals surface area contributed by atoms with Crippen LogP contribution in [0.1, 0.15) is 29.2 Å². The number of esters is 1. The summed E-state index contributed by atoms with van der Waals surface area (Å²) in [6.45, 7) is 8.95. The van der Waals surface area contributed by atoms with Crippen LogP contribution in [0, 0.1) is 6.92 Å². The Morgan fingerprint density at radius 2 is 2.22 bits per heavy atom. The lowest BCUT2D eigenvalue weighted by Gasteiger charge is -2.13. The second-order valence-electron chi connectivity index (χ2n) is 3.97. The number of thiazole rings is 1. The Bertz CT molecular complexity index is 393. The zero-order valence-electron chi connectivity index (χ0n) is 11.4. The van der Waals surface area contributed by atoms with E-state index in [2.05, 4.69) is 29.2 Å². The summed E-state index contributed by atoms with van der Waals surface area (Å²) in [4.78, 5) is 19.0. The number of hydrogen-bond donors (Lipinski definition) is 1. The van der Waals surface area contributed by atoms with Gasteiger partial charge in [0.2, 0.25) is 0 Å². The first-order valence-electron chi connectivity index (χ1n) is 6.15. The summed E-state index contributed by atoms with van der Waals surface area (Å²) in [5, 5.41) is 4.00. The van der Waals surface area contributed by atoms with Crippen LogP contribution in [0.25, 0.3) is 0 Å². The van der Waals surface area contributed by atoms with Crippen molar-refractivity contribution in [1.82, 2.24) is 9.88 Å². The third-order valence-electron chi connectivity index (χ3n) is 2.57. The summed E-state index contributed by atoms with van der Waals surface area (Å²) in [6, 6.07) is 0. The topological polar surface area (TPSA) is 54.5 Å². The third-order valence-corrected chi connectivity index (χ3v) is 3.50. The van der Waals surface area contributed by atoms with Gasteiger partial charge in [0.15, 0.2) is 10.8 Å². The molecule has 0 aliphatic heterocycles. The molecule has 102 valence electrons. The molecule has 0 spiro atoms. The van der Waals surface area contributed by atoms with Crippen LogP contribution < -0.4 is 5.32 Å². The monoisotopic (exact) mass is 271 g/mol. The fourth-order valence-corrected chi connectivity index (χ4v) is 2.20. The zero-order valence-corrected chi connectivity index (χ0v) is 12.3. The Balaban J connectivity index is 2.53. The van der Waals surface area contributed by atoms with Gasteiger partial charge in [0, 0.05) is 18.0 Å². The Morgan fingerprint density at radius 3 is 2.83 bits per heavy atom. The molecule has 0 fully saturated rings. The average molecular weight is 271 g/mol. The molecule has 0 saturated carbocycles. The van der Waals surface area contributed by atoms with Crippen LogP contribution in [0.2, 0.25) is 0 Å². The van der Waals surface area contributed by atoms with E-state index in [0.29, 0.717) is 12.3 Å². The molecule has 0 bridgehead atoms. The molecule has 0 unspecified atom stereocenters. The Hall–Kier alpha value is -1.14. The standard InChI is InChI=1S/C12H21N3O2S/c1-5-15(4)8-7-13-12-14-10(9(3)18-12)11(16)17-6-2/h5-8H2,1-4H3,(H,13,14). The minimum absolute atomic E-state index is 0.343. The maximum atomic E-state index is 11.6. The van der Waals surface area contributed by atoms with Crippen LogP contribution in [0.15, 0.2) is 0 Å². The number of hydrogen-bond acceptors (Lipinski definition) is 6. The first-order chi connectivity index (χ1) is 8.58. The highest BCUT2D eigenvalue weighted by atomic mass is 32.1. The van der Waals surface area contributed by atoms with Crippen LogP contribution in [-0.2, 0) is 4.74 Å². The van der Waals surface area contributed by atoms with Crippen LogP contribution in [0.4, 0.5) is 5.13 Å². The van der Waals surface area contributed by atoms with E-state index in [-0.39, 0.29) is 5.97 Å². The Morgan fingerprint density at radius 1 is 1.50 bits per heavy atom. The smallest absolute Gasteiger partial charge is 0.358 e. The second-order valence-corrected chi connectivity index (χ2v) is 5.17. The van der Waals surface area contributed by atoms with Crippen LogP contribution in [0.5, 0.6) is 0 Å². The number of ether oxygens (including phenoxy) is 1. The molecule has 0 saturated heterocycles. The van der Waals surface area contributed by atoms with E-state index in [4.69, 9.17) is 4.74 Å². The number of anilines is 1. The molecule has 1 N–H and O–H groups in total. The SMILES string of the molecule is CCOC(=O)c1nc(NCCN(C)CC)sc1C. The number of likely N-dealkylation sites (N-methyl/N-ethyl adjacent to an activating group) is 1. The minimum atomic E-state index is -0.343. The summed E-state index contributed by atoms with van der Waals surface area (Å²) in [5.74, 6) is -0.343. The van der Waals surface area contributed by atoms with Crippen molar-refractivity contribution in [1.29, 1.82) is 0 Å². The van der Waals surface area contributed by atoms with Gasteiger partial charge in [-0.05, 0) is 27.4 Å². The number of carbonyl (C=O) groups excluding carboxylic acids is 1. The molecule has 0 aromatic carbocycles. The first-order valence-corrected chi connectivity index (χ1v) is 6.97. The van der Waals surface area contributed by atoms with Gasteiger partial charge in [-0.2, -0.15) is 0 Å². The van der Waals surface area contributed by atoms with Crippen molar-refractivity contribution in [2.45, 2.75) is 20.8 Å². The maximum Gasteiger partial charge on any atom is 0.358 e. The van der Waals surface area contributed by atoms with Gasteiger partial charge in [-0.25, -0.2) is 9.78 Å². The zero-order chi connectivity index (χ0) is 13.5. The second kappa shape index (κ2) is 7.33. The van der Waals surface area contributed by atoms with Gasteiger partial charge in [-0.1, -0.05) is 6.92 Å². The highest BCUT2D eigenvalue weighted by molar-refractivity contribution is 7.15. The number of aromatic nitrogens is 1. The van der Waals surface area contributed by atoms with E-state index in [9.17, 15) is 4.79 Å². The fourth-order valence-electron chi connectivity index (χ4n) is 1.37. The van der Waals surface area contributed by atoms with Crippen LogP contribution >= 0.6 is 11.3 Å². The highest BCUT2D eigenvalue weighted by Gasteiger charge is 2.16. The summed E-state index contributed by atoms with van der Waals surface area (Å²) < 4.78 is 4.95. The summed E-state index contributed by atoms with van der Waals surface area (Å²) in [6.07, 6.45) is 0. The van der Waals surface area contributed by atoms with E-state index in [1.807, 2.05) is 6.92 Å². The van der Waals surface area contributed by atoms with Crippen molar-refractivity contribution in [3.63, 3.8) is 0 Å². The van der Waals surface area contributed by atoms with Crippen molar-refractivity contribution < 1.29 is 9.53 Å². The molecule has 1 heterocycles. The summed E-state index contributed by atoms with van der Waals surface area (Å²) in [7, 11) is 2.07. The van der Waals surface area contributed by atoms with Crippen LogP contribution in [-0.4, -0.2) is 49.1 Å². The molecule has 0 aliphatic carbocycles. The molecular weight excluding hydrogens is 250 g/mol. The number of carbonyl (C=O) groups is 1. The Kier molecular flexibility index (Phi) is 6.07. The van der Waals surface area contributed by atoms with E-state index in [1.54, 1.807) is 6.92 Å². The molecule has 0 aliphatic rings. The number of aryl methyl sites for hydroxylation is 1. The molecule has 0 atom stereocenters. The van der Waals surface area contributed by atoms with Crippen molar-refractivity contribution in [3.8, 4) is 0 Å². The molecule has 0 radical (unpaired) electrons. The number of nitrogens with zero attached hydrogens (tertiary/aromatic N) is 2. The van der Waals surface area contributed by atoms with Gasteiger partial charge in [0.1, 0.15) is 0 Å². The van der Waals surface area contributed by atoms with Gasteiger partial charge in [0.25, 0.3) is 0 Å². The van der Waals surface area contributed by atoms with Gasteiger partial charge in [0.05, 0.1) is 6.61 Å². The van der Waals surface area contributed by atoms with E-state index < -0.39 is 0 Å². The van der Waals surface area contributed by atoms with E-state index in [0.717, 1.165) is 29.6 Å². The van der Waals surface area contributed by atoms with Crippen molar-refractivity contribution in [2.24, 2.45) is 0 Å². The third kappa shape index (κ3) is 4.27. The molecule has 5 nitrogen and oxygen atoms in total. The highest BCUT2D eigenvalue weighted by Crippen LogP contribution is 2.22. The molecule has 0 amide bonds. The largest absolute Gasteiger partial charge is 0.461 e. The lowest BCUT2D eigenvalue weighted by Crippen LogP contribution is -2.24.